The van der Waals surface area contributed by atoms with Crippen LogP contribution in [0, 0.1) is 17.2 Å². The lowest BCUT2D eigenvalue weighted by Gasteiger charge is -2.47. The average Bonchev–Trinajstić information content (AvgIpc) is 2.94. The van der Waals surface area contributed by atoms with E-state index in [0.717, 1.165) is 50.0 Å². The van der Waals surface area contributed by atoms with Crippen LogP contribution in [0.1, 0.15) is 31.7 Å². The molecule has 3 aliphatic rings. The van der Waals surface area contributed by atoms with E-state index in [1.54, 1.807) is 0 Å². The van der Waals surface area contributed by atoms with Gasteiger partial charge in [0.05, 0.1) is 18.1 Å². The minimum atomic E-state index is -0.218. The fourth-order valence-corrected chi connectivity index (χ4v) is 4.27. The highest BCUT2D eigenvalue weighted by Gasteiger charge is 2.45. The van der Waals surface area contributed by atoms with Crippen LogP contribution in [0.5, 0.6) is 0 Å². The number of carbonyl (C=O) groups is 1. The monoisotopic (exact) mass is 312 g/mol. The molecule has 0 aromatic heterocycles. The number of carbonyl (C=O) groups excluding carboxylic acids is 1. The fraction of sp³-hybridized carbons (Fsp3) is 0.421. The molecule has 1 aromatic rings. The standard InChI is InChI=1S/C19H21FN2O/c1-19-11-22-12-21-18(13-5-7-16(20)8-6-13)17(22)9-14(19)3-2-4-15(19)10-23/h5-10,15,21H,2-4,11-12H2,1H3/t15-,19+/m1/s1. The summed E-state index contributed by atoms with van der Waals surface area (Å²) in [4.78, 5) is 13.8. The van der Waals surface area contributed by atoms with Crippen molar-refractivity contribution >= 4 is 12.0 Å². The Morgan fingerprint density at radius 1 is 1.35 bits per heavy atom. The molecule has 4 heteroatoms. The average molecular weight is 312 g/mol. The molecule has 3 nitrogen and oxygen atoms in total. The Kier molecular flexibility index (Phi) is 3.29. The fourth-order valence-electron chi connectivity index (χ4n) is 4.27. The second-order valence-corrected chi connectivity index (χ2v) is 7.02. The number of fused-ring (bicyclic) bond motifs is 2. The highest BCUT2D eigenvalue weighted by atomic mass is 19.1. The number of hydrogen-bond acceptors (Lipinski definition) is 3. The zero-order valence-corrected chi connectivity index (χ0v) is 13.3. The predicted molar refractivity (Wildman–Crippen MR) is 87.6 cm³/mol. The number of allylic oxidation sites excluding steroid dienone is 1. The molecule has 23 heavy (non-hydrogen) atoms. The van der Waals surface area contributed by atoms with Gasteiger partial charge in [-0.1, -0.05) is 12.5 Å². The smallest absolute Gasteiger partial charge is 0.124 e. The molecule has 2 heterocycles. The van der Waals surface area contributed by atoms with Gasteiger partial charge in [0.15, 0.2) is 0 Å². The van der Waals surface area contributed by atoms with Crippen molar-refractivity contribution in [3.63, 3.8) is 0 Å². The highest BCUT2D eigenvalue weighted by Crippen LogP contribution is 2.49. The minimum absolute atomic E-state index is 0.0522. The van der Waals surface area contributed by atoms with Gasteiger partial charge in [0, 0.05) is 17.9 Å². The molecule has 1 aromatic carbocycles. The molecule has 1 fully saturated rings. The Morgan fingerprint density at radius 3 is 2.87 bits per heavy atom. The van der Waals surface area contributed by atoms with E-state index in [0.29, 0.717) is 0 Å². The van der Waals surface area contributed by atoms with Crippen molar-refractivity contribution in [1.29, 1.82) is 0 Å². The summed E-state index contributed by atoms with van der Waals surface area (Å²) in [6.07, 6.45) is 6.54. The molecular weight excluding hydrogens is 291 g/mol. The Labute approximate surface area is 135 Å². The van der Waals surface area contributed by atoms with Crippen LogP contribution in [0.15, 0.2) is 41.6 Å². The van der Waals surface area contributed by atoms with Crippen LogP contribution in [0.3, 0.4) is 0 Å². The molecule has 0 saturated heterocycles. The van der Waals surface area contributed by atoms with Crippen molar-refractivity contribution < 1.29 is 9.18 Å². The van der Waals surface area contributed by atoms with Gasteiger partial charge < -0.3 is 15.0 Å². The third-order valence-corrected chi connectivity index (χ3v) is 5.68. The number of nitrogens with one attached hydrogen (secondary N) is 1. The number of aldehydes is 1. The summed E-state index contributed by atoms with van der Waals surface area (Å²) in [5.41, 5.74) is 4.58. The van der Waals surface area contributed by atoms with Gasteiger partial charge in [0.25, 0.3) is 0 Å². The van der Waals surface area contributed by atoms with Gasteiger partial charge >= 0.3 is 0 Å². The lowest BCUT2D eigenvalue weighted by Crippen LogP contribution is -2.46. The molecule has 0 spiro atoms. The maximum Gasteiger partial charge on any atom is 0.124 e. The van der Waals surface area contributed by atoms with Crippen molar-refractivity contribution in [3.8, 4) is 0 Å². The van der Waals surface area contributed by atoms with E-state index in [1.807, 2.05) is 12.1 Å². The number of nitrogens with zero attached hydrogens (tertiary/aromatic N) is 1. The van der Waals surface area contributed by atoms with E-state index in [2.05, 4.69) is 23.2 Å². The molecule has 1 aliphatic carbocycles. The SMILES string of the molecule is C[C@]12CN3CNC(c4ccc(F)cc4)=C3C=C1CCC[C@@H]2C=O. The van der Waals surface area contributed by atoms with Crippen molar-refractivity contribution in [1.82, 2.24) is 10.2 Å². The summed E-state index contributed by atoms with van der Waals surface area (Å²) in [5.74, 6) is -0.108. The predicted octanol–water partition coefficient (Wildman–Crippen LogP) is 3.30. The molecule has 1 saturated carbocycles. The first kappa shape index (κ1) is 14.5. The zero-order valence-electron chi connectivity index (χ0n) is 13.3. The normalized spacial score (nSPS) is 29.6. The van der Waals surface area contributed by atoms with Crippen LogP contribution in [-0.2, 0) is 4.79 Å². The maximum atomic E-state index is 13.2. The zero-order chi connectivity index (χ0) is 16.0. The first-order valence-corrected chi connectivity index (χ1v) is 8.27. The molecular formula is C19H21FN2O. The number of halogens is 1. The van der Waals surface area contributed by atoms with Crippen LogP contribution in [0.4, 0.5) is 4.39 Å². The first-order chi connectivity index (χ1) is 11.1. The quantitative estimate of drug-likeness (QED) is 0.851. The van der Waals surface area contributed by atoms with Crippen molar-refractivity contribution in [2.75, 3.05) is 13.2 Å². The molecule has 0 amide bonds. The summed E-state index contributed by atoms with van der Waals surface area (Å²) in [6.45, 7) is 3.84. The summed E-state index contributed by atoms with van der Waals surface area (Å²) < 4.78 is 13.2. The molecule has 0 bridgehead atoms. The van der Waals surface area contributed by atoms with Gasteiger partial charge in [0.1, 0.15) is 12.1 Å². The van der Waals surface area contributed by atoms with Gasteiger partial charge in [-0.15, -0.1) is 0 Å². The molecule has 0 radical (unpaired) electrons. The number of rotatable bonds is 2. The van der Waals surface area contributed by atoms with Gasteiger partial charge in [-0.3, -0.25) is 0 Å². The Morgan fingerprint density at radius 2 is 2.13 bits per heavy atom. The lowest BCUT2D eigenvalue weighted by molar-refractivity contribution is -0.115. The summed E-state index contributed by atoms with van der Waals surface area (Å²) in [5, 5.41) is 3.44. The summed E-state index contributed by atoms with van der Waals surface area (Å²) in [7, 11) is 0. The van der Waals surface area contributed by atoms with Gasteiger partial charge in [0.2, 0.25) is 0 Å². The lowest BCUT2D eigenvalue weighted by atomic mass is 9.63. The molecule has 2 atom stereocenters. The highest BCUT2D eigenvalue weighted by molar-refractivity contribution is 5.72. The molecule has 0 unspecified atom stereocenters. The Hall–Kier alpha value is -2.10. The van der Waals surface area contributed by atoms with E-state index < -0.39 is 0 Å². The van der Waals surface area contributed by atoms with Gasteiger partial charge in [-0.2, -0.15) is 0 Å². The van der Waals surface area contributed by atoms with E-state index >= 15 is 0 Å². The van der Waals surface area contributed by atoms with Crippen LogP contribution in [-0.4, -0.2) is 24.4 Å². The third-order valence-electron chi connectivity index (χ3n) is 5.68. The van der Waals surface area contributed by atoms with E-state index in [4.69, 9.17) is 0 Å². The van der Waals surface area contributed by atoms with Gasteiger partial charge in [-0.05, 0) is 55.2 Å². The van der Waals surface area contributed by atoms with E-state index in [-0.39, 0.29) is 17.2 Å². The van der Waals surface area contributed by atoms with Crippen LogP contribution in [0.2, 0.25) is 0 Å². The number of benzene rings is 1. The maximum absolute atomic E-state index is 13.2. The third kappa shape index (κ3) is 2.19. The van der Waals surface area contributed by atoms with Crippen molar-refractivity contribution in [2.24, 2.45) is 11.3 Å². The summed E-state index contributed by atoms with van der Waals surface area (Å²) in [6, 6.07) is 6.62. The largest absolute Gasteiger partial charge is 0.366 e. The Bertz CT molecular complexity index is 707. The topological polar surface area (TPSA) is 32.3 Å². The molecule has 4 rings (SSSR count). The van der Waals surface area contributed by atoms with Crippen LogP contribution in [0.25, 0.3) is 5.70 Å². The molecule has 2 aliphatic heterocycles. The van der Waals surface area contributed by atoms with E-state index in [1.165, 1.54) is 23.4 Å². The minimum Gasteiger partial charge on any atom is -0.366 e. The van der Waals surface area contributed by atoms with Gasteiger partial charge in [-0.25, -0.2) is 4.39 Å². The first-order valence-electron chi connectivity index (χ1n) is 8.27. The number of hydrogen-bond donors (Lipinski definition) is 1. The summed E-state index contributed by atoms with van der Waals surface area (Å²) >= 11 is 0. The Balaban J connectivity index is 1.78. The second-order valence-electron chi connectivity index (χ2n) is 7.02. The molecule has 120 valence electrons. The van der Waals surface area contributed by atoms with Crippen LogP contribution >= 0.6 is 0 Å². The van der Waals surface area contributed by atoms with Crippen LogP contribution < -0.4 is 5.32 Å². The van der Waals surface area contributed by atoms with Crippen molar-refractivity contribution in [3.05, 3.63) is 53.0 Å². The second kappa shape index (κ2) is 5.22. The van der Waals surface area contributed by atoms with E-state index in [9.17, 15) is 9.18 Å². The van der Waals surface area contributed by atoms with Crippen molar-refractivity contribution in [2.45, 2.75) is 26.2 Å². The molecule has 1 N–H and O–H groups in total.